The molecule has 0 aromatic heterocycles. The third-order valence-electron chi connectivity index (χ3n) is 4.90. The number of carbonyl (C=O) groups excluding carboxylic acids is 2. The van der Waals surface area contributed by atoms with E-state index in [4.69, 9.17) is 21.1 Å². The van der Waals surface area contributed by atoms with Gasteiger partial charge in [-0.1, -0.05) is 43.0 Å². The Bertz CT molecular complexity index is 846. The Hall–Kier alpha value is -2.53. The molecule has 5 nitrogen and oxygen atoms in total. The minimum absolute atomic E-state index is 0.0558. The first-order valence-electron chi connectivity index (χ1n) is 9.46. The van der Waals surface area contributed by atoms with E-state index in [0.29, 0.717) is 33.9 Å². The highest BCUT2D eigenvalue weighted by molar-refractivity contribution is 6.32. The highest BCUT2D eigenvalue weighted by Gasteiger charge is 2.17. The van der Waals surface area contributed by atoms with Crippen LogP contribution < -0.4 is 14.8 Å². The second-order valence-electron chi connectivity index (χ2n) is 6.95. The molecule has 6 heteroatoms. The van der Waals surface area contributed by atoms with Crippen LogP contribution in [0.25, 0.3) is 0 Å². The summed E-state index contributed by atoms with van der Waals surface area (Å²) in [6.07, 6.45) is 6.38. The van der Waals surface area contributed by atoms with Gasteiger partial charge in [0.1, 0.15) is 12.9 Å². The van der Waals surface area contributed by atoms with Gasteiger partial charge in [0.2, 0.25) is 0 Å². The molecule has 1 amide bonds. The maximum Gasteiger partial charge on any atom is 0.251 e. The number of halogens is 1. The van der Waals surface area contributed by atoms with Crippen molar-refractivity contribution in [2.75, 3.05) is 7.11 Å². The van der Waals surface area contributed by atoms with Crippen molar-refractivity contribution in [1.82, 2.24) is 5.32 Å². The van der Waals surface area contributed by atoms with Crippen molar-refractivity contribution in [3.05, 3.63) is 58.1 Å². The highest BCUT2D eigenvalue weighted by atomic mass is 35.5. The lowest BCUT2D eigenvalue weighted by Crippen LogP contribution is -2.36. The number of amides is 1. The largest absolute Gasteiger partial charge is 0.493 e. The number of methoxy groups -OCH3 is 1. The second-order valence-corrected chi connectivity index (χ2v) is 7.36. The van der Waals surface area contributed by atoms with Gasteiger partial charge in [-0.25, -0.2) is 0 Å². The molecule has 148 valence electrons. The van der Waals surface area contributed by atoms with Crippen molar-refractivity contribution < 1.29 is 19.1 Å². The minimum atomic E-state index is -0.0558. The van der Waals surface area contributed by atoms with Gasteiger partial charge in [0.05, 0.1) is 12.1 Å². The molecular weight excluding hydrogens is 378 g/mol. The molecular formula is C22H24ClNO4. The maximum atomic E-state index is 12.5. The van der Waals surface area contributed by atoms with Crippen LogP contribution >= 0.6 is 11.6 Å². The van der Waals surface area contributed by atoms with Crippen LogP contribution in [0.1, 0.15) is 58.4 Å². The number of rotatable bonds is 7. The molecule has 0 radical (unpaired) electrons. The number of ether oxygens (including phenoxy) is 2. The topological polar surface area (TPSA) is 64.6 Å². The Labute approximate surface area is 170 Å². The van der Waals surface area contributed by atoms with Gasteiger partial charge in [-0.15, -0.1) is 0 Å². The molecule has 0 heterocycles. The van der Waals surface area contributed by atoms with Crippen molar-refractivity contribution in [2.24, 2.45) is 0 Å². The fourth-order valence-corrected chi connectivity index (χ4v) is 3.70. The smallest absolute Gasteiger partial charge is 0.251 e. The maximum absolute atomic E-state index is 12.5. The summed E-state index contributed by atoms with van der Waals surface area (Å²) in [5, 5.41) is 3.42. The van der Waals surface area contributed by atoms with Crippen molar-refractivity contribution in [1.29, 1.82) is 0 Å². The molecule has 0 aliphatic heterocycles. The van der Waals surface area contributed by atoms with E-state index >= 15 is 0 Å². The van der Waals surface area contributed by atoms with Gasteiger partial charge >= 0.3 is 0 Å². The van der Waals surface area contributed by atoms with Crippen LogP contribution in [0.4, 0.5) is 0 Å². The normalized spacial score (nSPS) is 14.4. The summed E-state index contributed by atoms with van der Waals surface area (Å²) < 4.78 is 11.1. The number of carbonyl (C=O) groups is 2. The van der Waals surface area contributed by atoms with E-state index in [9.17, 15) is 9.59 Å². The predicted molar refractivity (Wildman–Crippen MR) is 109 cm³/mol. The monoisotopic (exact) mass is 401 g/mol. The summed E-state index contributed by atoms with van der Waals surface area (Å²) in [5.41, 5.74) is 1.87. The standard InChI is InChI=1S/C22H24ClNO4/c1-27-20-12-16(13-25)11-19(23)21(20)28-14-15-6-5-7-17(10-15)22(26)24-18-8-3-2-4-9-18/h5-7,10-13,18H,2-4,8-9,14H2,1H3,(H,24,26). The van der Waals surface area contributed by atoms with Crippen molar-refractivity contribution in [3.63, 3.8) is 0 Å². The lowest BCUT2D eigenvalue weighted by Gasteiger charge is -2.22. The van der Waals surface area contributed by atoms with E-state index in [0.717, 1.165) is 18.4 Å². The molecule has 1 aliphatic rings. The van der Waals surface area contributed by atoms with Crippen LogP contribution in [0.15, 0.2) is 36.4 Å². The molecule has 1 fully saturated rings. The zero-order chi connectivity index (χ0) is 19.9. The van der Waals surface area contributed by atoms with E-state index < -0.39 is 0 Å². The van der Waals surface area contributed by atoms with Gasteiger partial charge < -0.3 is 14.8 Å². The molecule has 0 atom stereocenters. The third kappa shape index (κ3) is 5.04. The summed E-state index contributed by atoms with van der Waals surface area (Å²) >= 11 is 6.22. The number of benzene rings is 2. The number of nitrogens with one attached hydrogen (secondary N) is 1. The van der Waals surface area contributed by atoms with Crippen LogP contribution in [-0.4, -0.2) is 25.3 Å². The lowest BCUT2D eigenvalue weighted by atomic mass is 9.95. The average Bonchev–Trinajstić information content (AvgIpc) is 2.73. The molecule has 0 bridgehead atoms. The molecule has 0 saturated heterocycles. The second kappa shape index (κ2) is 9.60. The summed E-state index contributed by atoms with van der Waals surface area (Å²) in [4.78, 5) is 23.5. The number of hydrogen-bond acceptors (Lipinski definition) is 4. The highest BCUT2D eigenvalue weighted by Crippen LogP contribution is 2.36. The zero-order valence-electron chi connectivity index (χ0n) is 15.9. The Morgan fingerprint density at radius 1 is 1.21 bits per heavy atom. The molecule has 2 aromatic carbocycles. The van der Waals surface area contributed by atoms with Gasteiger partial charge in [0.25, 0.3) is 5.91 Å². The molecule has 0 unspecified atom stereocenters. The van der Waals surface area contributed by atoms with Crippen LogP contribution in [0.3, 0.4) is 0 Å². The average molecular weight is 402 g/mol. The fraction of sp³-hybridized carbons (Fsp3) is 0.364. The first-order chi connectivity index (χ1) is 13.6. The Balaban J connectivity index is 1.68. The summed E-state index contributed by atoms with van der Waals surface area (Å²) in [6, 6.07) is 10.7. The molecule has 1 N–H and O–H groups in total. The third-order valence-corrected chi connectivity index (χ3v) is 5.18. The van der Waals surface area contributed by atoms with Gasteiger partial charge in [-0.3, -0.25) is 9.59 Å². The van der Waals surface area contributed by atoms with Gasteiger partial charge in [-0.2, -0.15) is 0 Å². The van der Waals surface area contributed by atoms with Crippen molar-refractivity contribution in [2.45, 2.75) is 44.8 Å². The van der Waals surface area contributed by atoms with Crippen LogP contribution in [0, 0.1) is 0 Å². The van der Waals surface area contributed by atoms with Gasteiger partial charge in [-0.05, 0) is 42.7 Å². The molecule has 3 rings (SSSR count). The van der Waals surface area contributed by atoms with E-state index in [2.05, 4.69) is 5.32 Å². The summed E-state index contributed by atoms with van der Waals surface area (Å²) in [6.45, 7) is 0.223. The van der Waals surface area contributed by atoms with Crippen molar-refractivity contribution >= 4 is 23.8 Å². The number of hydrogen-bond donors (Lipinski definition) is 1. The van der Waals surface area contributed by atoms with Crippen LogP contribution in [0.2, 0.25) is 5.02 Å². The van der Waals surface area contributed by atoms with E-state index in [1.165, 1.54) is 32.4 Å². The van der Waals surface area contributed by atoms with Gasteiger partial charge in [0, 0.05) is 17.2 Å². The first-order valence-corrected chi connectivity index (χ1v) is 9.84. The Morgan fingerprint density at radius 2 is 2.00 bits per heavy atom. The predicted octanol–water partition coefficient (Wildman–Crippen LogP) is 4.80. The number of aldehydes is 1. The summed E-state index contributed by atoms with van der Waals surface area (Å²) in [7, 11) is 1.49. The molecule has 2 aromatic rings. The lowest BCUT2D eigenvalue weighted by molar-refractivity contribution is 0.0927. The van der Waals surface area contributed by atoms with E-state index in [1.54, 1.807) is 12.1 Å². The van der Waals surface area contributed by atoms with Crippen LogP contribution in [-0.2, 0) is 6.61 Å². The molecule has 28 heavy (non-hydrogen) atoms. The van der Waals surface area contributed by atoms with E-state index in [-0.39, 0.29) is 18.6 Å². The first kappa shape index (κ1) is 20.2. The molecule has 1 aliphatic carbocycles. The SMILES string of the molecule is COc1cc(C=O)cc(Cl)c1OCc1cccc(C(=O)NC2CCCCC2)c1. The quantitative estimate of drug-likeness (QED) is 0.676. The van der Waals surface area contributed by atoms with Gasteiger partial charge in [0.15, 0.2) is 11.5 Å². The van der Waals surface area contributed by atoms with Crippen molar-refractivity contribution in [3.8, 4) is 11.5 Å². The Morgan fingerprint density at radius 3 is 2.71 bits per heavy atom. The van der Waals surface area contributed by atoms with E-state index in [1.807, 2.05) is 18.2 Å². The van der Waals surface area contributed by atoms with Crippen LogP contribution in [0.5, 0.6) is 11.5 Å². The minimum Gasteiger partial charge on any atom is -0.493 e. The fourth-order valence-electron chi connectivity index (χ4n) is 3.42. The molecule has 0 spiro atoms. The Kier molecular flexibility index (Phi) is 6.93. The summed E-state index contributed by atoms with van der Waals surface area (Å²) in [5.74, 6) is 0.701. The molecule has 1 saturated carbocycles. The zero-order valence-corrected chi connectivity index (χ0v) is 16.6.